The van der Waals surface area contributed by atoms with Gasteiger partial charge in [-0.25, -0.2) is 0 Å². The first-order chi connectivity index (χ1) is 7.54. The summed E-state index contributed by atoms with van der Waals surface area (Å²) >= 11 is 3.80. The van der Waals surface area contributed by atoms with E-state index >= 15 is 0 Å². The van der Waals surface area contributed by atoms with Crippen LogP contribution >= 0.6 is 12.6 Å². The van der Waals surface area contributed by atoms with Crippen molar-refractivity contribution in [1.29, 1.82) is 0 Å². The van der Waals surface area contributed by atoms with Gasteiger partial charge >= 0.3 is 0 Å². The summed E-state index contributed by atoms with van der Waals surface area (Å²) in [5, 5.41) is 11.3. The number of carbonyl (C=O) groups is 1. The van der Waals surface area contributed by atoms with Crippen LogP contribution in [0.25, 0.3) is 10.8 Å². The van der Waals surface area contributed by atoms with E-state index in [1.807, 2.05) is 32.0 Å². The summed E-state index contributed by atoms with van der Waals surface area (Å²) in [6.07, 6.45) is 0. The molecule has 2 aromatic rings. The third kappa shape index (κ3) is 1.48. The van der Waals surface area contributed by atoms with Gasteiger partial charge in [0, 0.05) is 5.39 Å². The number of phenolic OH excluding ortho intramolecular Hbond substituents is 1. The Morgan fingerprint density at radius 1 is 1.12 bits per heavy atom. The summed E-state index contributed by atoms with van der Waals surface area (Å²) in [6.45, 7) is 3.77. The van der Waals surface area contributed by atoms with E-state index in [1.54, 1.807) is 6.07 Å². The van der Waals surface area contributed by atoms with Crippen LogP contribution in [0.2, 0.25) is 0 Å². The van der Waals surface area contributed by atoms with Gasteiger partial charge in [0.15, 0.2) is 0 Å². The molecule has 82 valence electrons. The van der Waals surface area contributed by atoms with Gasteiger partial charge in [0.2, 0.25) is 5.12 Å². The molecule has 0 fully saturated rings. The molecule has 0 heterocycles. The lowest BCUT2D eigenvalue weighted by molar-refractivity contribution is 0.108. The molecule has 0 bridgehead atoms. The third-order valence-electron chi connectivity index (χ3n) is 2.97. The highest BCUT2D eigenvalue weighted by molar-refractivity contribution is 7.97. The highest BCUT2D eigenvalue weighted by Crippen LogP contribution is 2.35. The first-order valence-corrected chi connectivity index (χ1v) is 5.43. The summed E-state index contributed by atoms with van der Waals surface area (Å²) < 4.78 is 0. The van der Waals surface area contributed by atoms with E-state index in [1.165, 1.54) is 0 Å². The second kappa shape index (κ2) is 3.83. The van der Waals surface area contributed by atoms with E-state index in [9.17, 15) is 9.90 Å². The van der Waals surface area contributed by atoms with Gasteiger partial charge in [-0.1, -0.05) is 24.3 Å². The second-order valence-corrected chi connectivity index (χ2v) is 4.23. The number of thiol groups is 1. The molecule has 0 radical (unpaired) electrons. The maximum atomic E-state index is 11.4. The highest BCUT2D eigenvalue weighted by atomic mass is 32.1. The van der Waals surface area contributed by atoms with Crippen molar-refractivity contribution >= 4 is 28.5 Å². The van der Waals surface area contributed by atoms with Crippen molar-refractivity contribution in [2.45, 2.75) is 13.8 Å². The molecule has 0 aliphatic rings. The molecule has 0 unspecified atom stereocenters. The number of hydrogen-bond acceptors (Lipinski definition) is 2. The van der Waals surface area contributed by atoms with E-state index in [0.29, 0.717) is 10.9 Å². The van der Waals surface area contributed by atoms with Crippen LogP contribution in [0.3, 0.4) is 0 Å². The molecule has 0 amide bonds. The molecule has 0 saturated carbocycles. The largest absolute Gasteiger partial charge is 0.506 e. The number of hydrogen-bond donors (Lipinski definition) is 2. The predicted molar refractivity (Wildman–Crippen MR) is 68.4 cm³/mol. The number of fused-ring (bicyclic) bond motifs is 1. The average Bonchev–Trinajstić information content (AvgIpc) is 2.26. The fourth-order valence-electron chi connectivity index (χ4n) is 1.98. The van der Waals surface area contributed by atoms with Crippen molar-refractivity contribution < 1.29 is 9.90 Å². The van der Waals surface area contributed by atoms with E-state index in [2.05, 4.69) is 12.6 Å². The van der Waals surface area contributed by atoms with Crippen molar-refractivity contribution in [3.8, 4) is 5.75 Å². The van der Waals surface area contributed by atoms with E-state index in [4.69, 9.17) is 0 Å². The van der Waals surface area contributed by atoms with Gasteiger partial charge in [0.05, 0.1) is 5.56 Å². The van der Waals surface area contributed by atoms with Crippen LogP contribution in [0, 0.1) is 13.8 Å². The molecular weight excluding hydrogens is 220 g/mol. The summed E-state index contributed by atoms with van der Waals surface area (Å²) in [4.78, 5) is 11.4. The van der Waals surface area contributed by atoms with Gasteiger partial charge < -0.3 is 5.11 Å². The minimum absolute atomic E-state index is 0.0266. The van der Waals surface area contributed by atoms with Crippen molar-refractivity contribution in [2.24, 2.45) is 0 Å². The minimum Gasteiger partial charge on any atom is -0.506 e. The third-order valence-corrected chi connectivity index (χ3v) is 3.20. The lowest BCUT2D eigenvalue weighted by atomic mass is 9.95. The topological polar surface area (TPSA) is 37.3 Å². The molecule has 0 aromatic heterocycles. The summed E-state index contributed by atoms with van der Waals surface area (Å²) in [7, 11) is 0. The molecule has 2 aromatic carbocycles. The lowest BCUT2D eigenvalue weighted by Crippen LogP contribution is -1.98. The molecule has 1 N–H and O–H groups in total. The van der Waals surface area contributed by atoms with Crippen molar-refractivity contribution in [1.82, 2.24) is 0 Å². The maximum Gasteiger partial charge on any atom is 0.220 e. The van der Waals surface area contributed by atoms with Gasteiger partial charge in [-0.2, -0.15) is 0 Å². The molecule has 0 aliphatic carbocycles. The molecule has 2 rings (SSSR count). The lowest BCUT2D eigenvalue weighted by Gasteiger charge is -2.12. The number of rotatable bonds is 1. The maximum absolute atomic E-state index is 11.4. The molecule has 0 atom stereocenters. The molecule has 16 heavy (non-hydrogen) atoms. The van der Waals surface area contributed by atoms with Crippen LogP contribution in [0.1, 0.15) is 21.5 Å². The van der Waals surface area contributed by atoms with Crippen LogP contribution in [0.5, 0.6) is 5.75 Å². The van der Waals surface area contributed by atoms with E-state index < -0.39 is 5.12 Å². The van der Waals surface area contributed by atoms with Crippen LogP contribution in [0.4, 0.5) is 0 Å². The molecular formula is C13H12O2S. The summed E-state index contributed by atoms with van der Waals surface area (Å²) in [6, 6.07) is 7.49. The minimum atomic E-state index is -0.399. The Kier molecular flexibility index (Phi) is 2.64. The second-order valence-electron chi connectivity index (χ2n) is 3.82. The Labute approximate surface area is 99.3 Å². The van der Waals surface area contributed by atoms with Crippen molar-refractivity contribution in [2.75, 3.05) is 0 Å². The summed E-state index contributed by atoms with van der Waals surface area (Å²) in [5.74, 6) is 0.0266. The van der Waals surface area contributed by atoms with Gasteiger partial charge in [-0.05, 0) is 30.4 Å². The molecule has 0 aliphatic heterocycles. The number of aromatic hydroxyl groups is 1. The highest BCUT2D eigenvalue weighted by Gasteiger charge is 2.17. The smallest absolute Gasteiger partial charge is 0.220 e. The average molecular weight is 232 g/mol. The van der Waals surface area contributed by atoms with Gasteiger partial charge in [-0.15, -0.1) is 12.6 Å². The van der Waals surface area contributed by atoms with E-state index in [0.717, 1.165) is 16.5 Å². The Bertz CT molecular complexity index is 588. The first kappa shape index (κ1) is 11.0. The van der Waals surface area contributed by atoms with Crippen molar-refractivity contribution in [3.63, 3.8) is 0 Å². The summed E-state index contributed by atoms with van der Waals surface area (Å²) in [5.41, 5.74) is 2.10. The normalized spacial score (nSPS) is 10.7. The van der Waals surface area contributed by atoms with Crippen molar-refractivity contribution in [3.05, 3.63) is 41.0 Å². The zero-order valence-electron chi connectivity index (χ0n) is 9.11. The zero-order chi connectivity index (χ0) is 11.9. The van der Waals surface area contributed by atoms with Crippen LogP contribution < -0.4 is 0 Å². The fraction of sp³-hybridized carbons (Fsp3) is 0.154. The zero-order valence-corrected chi connectivity index (χ0v) is 10.0. The van der Waals surface area contributed by atoms with Gasteiger partial charge in [0.25, 0.3) is 0 Å². The number of aryl methyl sites for hydroxylation is 1. The van der Waals surface area contributed by atoms with Gasteiger partial charge in [0.1, 0.15) is 5.75 Å². The number of carbonyl (C=O) groups excluding carboxylic acids is 1. The SMILES string of the molecule is Cc1c(C(=O)S)c(O)c2ccccc2c1C. The van der Waals surface area contributed by atoms with Crippen LogP contribution in [-0.4, -0.2) is 10.2 Å². The van der Waals surface area contributed by atoms with Gasteiger partial charge in [-0.3, -0.25) is 4.79 Å². The number of benzene rings is 2. The fourth-order valence-corrected chi connectivity index (χ4v) is 2.25. The molecule has 0 saturated heterocycles. The number of phenols is 1. The molecule has 3 heteroatoms. The molecule has 0 spiro atoms. The Morgan fingerprint density at radius 2 is 1.69 bits per heavy atom. The quantitative estimate of drug-likeness (QED) is 0.741. The van der Waals surface area contributed by atoms with Crippen LogP contribution in [0.15, 0.2) is 24.3 Å². The Balaban J connectivity index is 3.00. The Hall–Kier alpha value is -1.48. The first-order valence-electron chi connectivity index (χ1n) is 4.98. The standard InChI is InChI=1S/C13H12O2S/c1-7-8(2)11(13(15)16)12(14)10-6-4-3-5-9(7)10/h3-6,14H,1-2H3,(H,15,16). The Morgan fingerprint density at radius 3 is 2.25 bits per heavy atom. The van der Waals surface area contributed by atoms with E-state index in [-0.39, 0.29) is 5.75 Å². The monoisotopic (exact) mass is 232 g/mol. The van der Waals surface area contributed by atoms with Crippen LogP contribution in [-0.2, 0) is 0 Å². The predicted octanol–water partition coefficient (Wildman–Crippen LogP) is 3.23. The molecule has 2 nitrogen and oxygen atoms in total.